The zero-order chi connectivity index (χ0) is 17.5. The van der Waals surface area contributed by atoms with Gasteiger partial charge in [-0.05, 0) is 62.9 Å². The summed E-state index contributed by atoms with van der Waals surface area (Å²) in [6.45, 7) is 8.73. The Morgan fingerprint density at radius 2 is 2.04 bits per heavy atom. The summed E-state index contributed by atoms with van der Waals surface area (Å²) in [5.41, 5.74) is 2.98. The van der Waals surface area contributed by atoms with Gasteiger partial charge >= 0.3 is 6.09 Å². The van der Waals surface area contributed by atoms with Gasteiger partial charge in [0.15, 0.2) is 0 Å². The number of nitrogens with zero attached hydrogens (tertiary/aromatic N) is 1. The summed E-state index contributed by atoms with van der Waals surface area (Å²) in [5, 5.41) is 0.738. The molecule has 3 rings (SSSR count). The fraction of sp³-hybridized carbons (Fsp3) is 0.526. The van der Waals surface area contributed by atoms with Gasteiger partial charge in [-0.25, -0.2) is 4.79 Å². The van der Waals surface area contributed by atoms with Gasteiger partial charge in [-0.15, -0.1) is 0 Å². The van der Waals surface area contributed by atoms with Gasteiger partial charge in [0.2, 0.25) is 0 Å². The number of rotatable bonds is 1. The van der Waals surface area contributed by atoms with Crippen LogP contribution in [0.2, 0.25) is 5.02 Å². The third kappa shape index (κ3) is 3.76. The van der Waals surface area contributed by atoms with Crippen LogP contribution in [0.4, 0.5) is 4.79 Å². The SMILES string of the molecule is Cc1cc(Cl)cc(C2=CC3COCC(C2)N3C(=O)OC(C)(C)C)c1. The predicted octanol–water partition coefficient (Wildman–Crippen LogP) is 4.44. The minimum absolute atomic E-state index is 0.00196. The second kappa shape index (κ2) is 6.41. The monoisotopic (exact) mass is 349 g/mol. The topological polar surface area (TPSA) is 38.8 Å². The third-order valence-electron chi connectivity index (χ3n) is 4.22. The minimum Gasteiger partial charge on any atom is -0.444 e. The number of hydrogen-bond acceptors (Lipinski definition) is 3. The van der Waals surface area contributed by atoms with Crippen molar-refractivity contribution in [3.05, 3.63) is 40.4 Å². The van der Waals surface area contributed by atoms with Crippen LogP contribution in [0.5, 0.6) is 0 Å². The lowest BCUT2D eigenvalue weighted by Gasteiger charge is -2.44. The van der Waals surface area contributed by atoms with Crippen LogP contribution >= 0.6 is 11.6 Å². The number of benzene rings is 1. The lowest BCUT2D eigenvalue weighted by molar-refractivity contribution is -0.0510. The molecule has 0 saturated carbocycles. The largest absolute Gasteiger partial charge is 0.444 e. The molecule has 0 spiro atoms. The highest BCUT2D eigenvalue weighted by molar-refractivity contribution is 6.30. The molecule has 0 aliphatic carbocycles. The molecule has 24 heavy (non-hydrogen) atoms. The predicted molar refractivity (Wildman–Crippen MR) is 95.3 cm³/mol. The van der Waals surface area contributed by atoms with E-state index in [0.717, 1.165) is 22.6 Å². The molecule has 5 heteroatoms. The first-order valence-electron chi connectivity index (χ1n) is 8.30. The Morgan fingerprint density at radius 3 is 2.67 bits per heavy atom. The van der Waals surface area contributed by atoms with Crippen LogP contribution in [0.3, 0.4) is 0 Å². The molecule has 2 aliphatic heterocycles. The molecule has 2 bridgehead atoms. The summed E-state index contributed by atoms with van der Waals surface area (Å²) in [6.07, 6.45) is 2.60. The summed E-state index contributed by atoms with van der Waals surface area (Å²) in [6, 6.07) is 5.97. The lowest BCUT2D eigenvalue weighted by Crippen LogP contribution is -2.57. The number of morpholine rings is 1. The van der Waals surface area contributed by atoms with Crippen LogP contribution in [-0.2, 0) is 9.47 Å². The van der Waals surface area contributed by atoms with Gasteiger partial charge in [0, 0.05) is 5.02 Å². The Balaban J connectivity index is 1.88. The number of fused-ring (bicyclic) bond motifs is 2. The molecule has 0 N–H and O–H groups in total. The van der Waals surface area contributed by atoms with Crippen molar-refractivity contribution in [1.29, 1.82) is 0 Å². The first-order valence-corrected chi connectivity index (χ1v) is 8.68. The molecule has 130 valence electrons. The fourth-order valence-corrected chi connectivity index (χ4v) is 3.62. The van der Waals surface area contributed by atoms with E-state index in [0.29, 0.717) is 13.2 Å². The van der Waals surface area contributed by atoms with Gasteiger partial charge in [-0.3, -0.25) is 4.90 Å². The van der Waals surface area contributed by atoms with Crippen LogP contribution in [-0.4, -0.2) is 41.9 Å². The van der Waals surface area contributed by atoms with Crippen molar-refractivity contribution in [3.63, 3.8) is 0 Å². The zero-order valence-electron chi connectivity index (χ0n) is 14.6. The normalized spacial score (nSPS) is 23.7. The number of hydrogen-bond donors (Lipinski definition) is 0. The average molecular weight is 350 g/mol. The highest BCUT2D eigenvalue weighted by Crippen LogP contribution is 2.34. The van der Waals surface area contributed by atoms with E-state index in [9.17, 15) is 4.79 Å². The molecule has 2 aliphatic rings. The maximum absolute atomic E-state index is 12.6. The average Bonchev–Trinajstić information content (AvgIpc) is 2.42. The molecule has 1 fully saturated rings. The smallest absolute Gasteiger partial charge is 0.411 e. The van der Waals surface area contributed by atoms with E-state index in [1.54, 1.807) is 0 Å². The third-order valence-corrected chi connectivity index (χ3v) is 4.43. The molecule has 2 heterocycles. The summed E-state index contributed by atoms with van der Waals surface area (Å²) in [5.74, 6) is 0. The second-order valence-electron chi connectivity index (χ2n) is 7.56. The zero-order valence-corrected chi connectivity index (χ0v) is 15.4. The minimum atomic E-state index is -0.500. The number of ether oxygens (including phenoxy) is 2. The van der Waals surface area contributed by atoms with Gasteiger partial charge in [0.25, 0.3) is 0 Å². The highest BCUT2D eigenvalue weighted by Gasteiger charge is 2.40. The molecular weight excluding hydrogens is 326 g/mol. The Bertz CT molecular complexity index is 657. The lowest BCUT2D eigenvalue weighted by atomic mass is 9.89. The van der Waals surface area contributed by atoms with E-state index in [4.69, 9.17) is 21.1 Å². The van der Waals surface area contributed by atoms with Crippen LogP contribution in [0.15, 0.2) is 24.3 Å². The van der Waals surface area contributed by atoms with Gasteiger partial charge in [-0.1, -0.05) is 23.7 Å². The van der Waals surface area contributed by atoms with E-state index in [1.807, 2.05) is 44.7 Å². The first kappa shape index (κ1) is 17.3. The van der Waals surface area contributed by atoms with E-state index in [1.165, 1.54) is 5.57 Å². The fourth-order valence-electron chi connectivity index (χ4n) is 3.33. The van der Waals surface area contributed by atoms with Crippen molar-refractivity contribution in [2.24, 2.45) is 0 Å². The Hall–Kier alpha value is -1.52. The van der Waals surface area contributed by atoms with Crippen molar-refractivity contribution in [2.75, 3.05) is 13.2 Å². The number of halogens is 1. The van der Waals surface area contributed by atoms with Crippen LogP contribution in [0, 0.1) is 6.92 Å². The Kier molecular flexibility index (Phi) is 4.63. The number of amides is 1. The second-order valence-corrected chi connectivity index (χ2v) is 8.00. The number of carbonyl (C=O) groups is 1. The van der Waals surface area contributed by atoms with Crippen molar-refractivity contribution in [1.82, 2.24) is 4.90 Å². The Labute approximate surface area is 148 Å². The maximum atomic E-state index is 12.6. The maximum Gasteiger partial charge on any atom is 0.411 e. The molecule has 1 saturated heterocycles. The first-order chi connectivity index (χ1) is 11.2. The van der Waals surface area contributed by atoms with Crippen molar-refractivity contribution in [3.8, 4) is 0 Å². The molecule has 1 aromatic rings. The molecule has 2 unspecified atom stereocenters. The highest BCUT2D eigenvalue weighted by atomic mass is 35.5. The van der Waals surface area contributed by atoms with Crippen LogP contribution < -0.4 is 0 Å². The molecule has 0 aromatic heterocycles. The number of carbonyl (C=O) groups excluding carboxylic acids is 1. The molecule has 2 atom stereocenters. The van der Waals surface area contributed by atoms with Crippen LogP contribution in [0.1, 0.15) is 38.3 Å². The van der Waals surface area contributed by atoms with E-state index >= 15 is 0 Å². The summed E-state index contributed by atoms with van der Waals surface area (Å²) in [7, 11) is 0. The van der Waals surface area contributed by atoms with Gasteiger partial charge < -0.3 is 9.47 Å². The van der Waals surface area contributed by atoms with E-state index in [2.05, 4.69) is 12.1 Å². The molecule has 1 aromatic carbocycles. The standard InChI is InChI=1S/C19H24ClNO3/c1-12-5-13(7-15(20)6-12)14-8-16-10-23-11-17(9-14)21(16)18(22)24-19(2,3)4/h5-8,16-17H,9-11H2,1-4H3. The van der Waals surface area contributed by atoms with Gasteiger partial charge in [0.1, 0.15) is 5.60 Å². The Morgan fingerprint density at radius 1 is 1.29 bits per heavy atom. The van der Waals surface area contributed by atoms with Crippen molar-refractivity contribution >= 4 is 23.3 Å². The van der Waals surface area contributed by atoms with E-state index in [-0.39, 0.29) is 18.2 Å². The molecule has 1 amide bonds. The summed E-state index contributed by atoms with van der Waals surface area (Å²) >= 11 is 6.21. The van der Waals surface area contributed by atoms with Crippen molar-refractivity contribution in [2.45, 2.75) is 51.8 Å². The number of aryl methyl sites for hydroxylation is 1. The summed E-state index contributed by atoms with van der Waals surface area (Å²) < 4.78 is 11.2. The quantitative estimate of drug-likeness (QED) is 0.752. The molecular formula is C19H24ClNO3. The molecule has 4 nitrogen and oxygen atoms in total. The summed E-state index contributed by atoms with van der Waals surface area (Å²) in [4.78, 5) is 14.4. The van der Waals surface area contributed by atoms with Crippen molar-refractivity contribution < 1.29 is 14.3 Å². The van der Waals surface area contributed by atoms with Crippen LogP contribution in [0.25, 0.3) is 5.57 Å². The molecule has 0 radical (unpaired) electrons. The van der Waals surface area contributed by atoms with Gasteiger partial charge in [0.05, 0.1) is 25.3 Å². The van der Waals surface area contributed by atoms with Gasteiger partial charge in [-0.2, -0.15) is 0 Å². The van der Waals surface area contributed by atoms with E-state index < -0.39 is 5.60 Å².